The van der Waals surface area contributed by atoms with Crippen LogP contribution in [-0.2, 0) is 0 Å². The lowest BCUT2D eigenvalue weighted by molar-refractivity contribution is 0.100. The molecule has 3 aromatic rings. The molecular formula is C16H12ClN3O. The average Bonchev–Trinajstić information content (AvgIpc) is 2.48. The summed E-state index contributed by atoms with van der Waals surface area (Å²) in [7, 11) is 0. The number of primary amides is 1. The molecule has 0 aliphatic rings. The van der Waals surface area contributed by atoms with Gasteiger partial charge in [0.15, 0.2) is 0 Å². The maximum absolute atomic E-state index is 11.6. The molecule has 0 aliphatic heterocycles. The largest absolute Gasteiger partial charge is 0.365 e. The van der Waals surface area contributed by atoms with Gasteiger partial charge in [-0.25, -0.2) is 0 Å². The first-order chi connectivity index (χ1) is 10.1. The molecule has 1 aromatic heterocycles. The molecule has 4 nitrogen and oxygen atoms in total. The zero-order valence-electron chi connectivity index (χ0n) is 11.0. The Morgan fingerprint density at radius 3 is 2.62 bits per heavy atom. The second-order valence-electron chi connectivity index (χ2n) is 4.56. The fraction of sp³-hybridized carbons (Fsp3) is 0. The van der Waals surface area contributed by atoms with Gasteiger partial charge in [0.05, 0.1) is 16.8 Å². The van der Waals surface area contributed by atoms with Crippen LogP contribution in [0.4, 0.5) is 11.4 Å². The van der Waals surface area contributed by atoms with Crippen molar-refractivity contribution in [3.63, 3.8) is 0 Å². The van der Waals surface area contributed by atoms with Crippen LogP contribution in [-0.4, -0.2) is 10.9 Å². The molecule has 0 atom stereocenters. The van der Waals surface area contributed by atoms with Crippen molar-refractivity contribution in [3.8, 4) is 0 Å². The molecule has 0 spiro atoms. The molecule has 0 aliphatic carbocycles. The molecule has 1 heterocycles. The third kappa shape index (κ3) is 2.66. The van der Waals surface area contributed by atoms with Crippen LogP contribution in [0.3, 0.4) is 0 Å². The normalized spacial score (nSPS) is 10.5. The number of anilines is 2. The van der Waals surface area contributed by atoms with Gasteiger partial charge in [-0.1, -0.05) is 29.8 Å². The number of amides is 1. The number of pyridine rings is 1. The first kappa shape index (κ1) is 13.4. The van der Waals surface area contributed by atoms with E-state index in [9.17, 15) is 4.79 Å². The molecular weight excluding hydrogens is 286 g/mol. The molecule has 1 amide bonds. The Kier molecular flexibility index (Phi) is 3.46. The zero-order chi connectivity index (χ0) is 14.8. The first-order valence-corrected chi connectivity index (χ1v) is 6.73. The van der Waals surface area contributed by atoms with Crippen molar-refractivity contribution >= 4 is 39.8 Å². The van der Waals surface area contributed by atoms with Crippen LogP contribution in [0.5, 0.6) is 0 Å². The molecule has 104 valence electrons. The van der Waals surface area contributed by atoms with Gasteiger partial charge in [0, 0.05) is 22.3 Å². The van der Waals surface area contributed by atoms with Crippen molar-refractivity contribution in [1.82, 2.24) is 4.98 Å². The molecule has 21 heavy (non-hydrogen) atoms. The number of carbonyl (C=O) groups excluding carboxylic acids is 1. The van der Waals surface area contributed by atoms with E-state index < -0.39 is 5.91 Å². The number of halogens is 1. The number of fused-ring (bicyclic) bond motifs is 1. The predicted molar refractivity (Wildman–Crippen MR) is 85.0 cm³/mol. The fourth-order valence-corrected chi connectivity index (χ4v) is 2.32. The lowest BCUT2D eigenvalue weighted by Crippen LogP contribution is -2.14. The summed E-state index contributed by atoms with van der Waals surface area (Å²) in [5.41, 5.74) is 7.98. The monoisotopic (exact) mass is 297 g/mol. The second-order valence-corrected chi connectivity index (χ2v) is 5.00. The Labute approximate surface area is 126 Å². The van der Waals surface area contributed by atoms with Crippen LogP contribution in [0, 0.1) is 0 Å². The van der Waals surface area contributed by atoms with Gasteiger partial charge in [0.2, 0.25) is 0 Å². The highest BCUT2D eigenvalue weighted by Gasteiger charge is 2.13. The molecule has 0 fully saturated rings. The van der Waals surface area contributed by atoms with Crippen LogP contribution >= 0.6 is 11.6 Å². The molecule has 2 aromatic carbocycles. The van der Waals surface area contributed by atoms with Crippen molar-refractivity contribution < 1.29 is 4.79 Å². The van der Waals surface area contributed by atoms with Crippen LogP contribution in [0.15, 0.2) is 54.7 Å². The highest BCUT2D eigenvalue weighted by atomic mass is 35.5. The van der Waals surface area contributed by atoms with Crippen molar-refractivity contribution in [2.45, 2.75) is 0 Å². The lowest BCUT2D eigenvalue weighted by atomic mass is 10.1. The highest BCUT2D eigenvalue weighted by molar-refractivity contribution is 6.31. The number of aromatic nitrogens is 1. The van der Waals surface area contributed by atoms with Gasteiger partial charge in [0.1, 0.15) is 0 Å². The number of nitrogens with zero attached hydrogens (tertiary/aromatic N) is 1. The third-order valence-electron chi connectivity index (χ3n) is 3.14. The van der Waals surface area contributed by atoms with Crippen LogP contribution in [0.25, 0.3) is 10.9 Å². The fourth-order valence-electron chi connectivity index (χ4n) is 2.15. The molecule has 0 saturated carbocycles. The van der Waals surface area contributed by atoms with Crippen molar-refractivity contribution in [2.75, 3.05) is 5.32 Å². The van der Waals surface area contributed by atoms with Crippen LogP contribution in [0.2, 0.25) is 5.02 Å². The van der Waals surface area contributed by atoms with E-state index in [2.05, 4.69) is 10.3 Å². The Balaban J connectivity index is 2.23. The number of nitrogens with one attached hydrogen (secondary N) is 1. The SMILES string of the molecule is NC(=O)c1cnc2ccc(Cl)cc2c1Nc1ccccc1. The minimum Gasteiger partial charge on any atom is -0.365 e. The molecule has 0 saturated heterocycles. The maximum atomic E-state index is 11.6. The number of hydrogen-bond donors (Lipinski definition) is 2. The number of nitrogens with two attached hydrogens (primary N) is 1. The van der Waals surface area contributed by atoms with Gasteiger partial charge < -0.3 is 11.1 Å². The predicted octanol–water partition coefficient (Wildman–Crippen LogP) is 3.73. The van der Waals surface area contributed by atoms with Gasteiger partial charge >= 0.3 is 0 Å². The molecule has 0 bridgehead atoms. The first-order valence-electron chi connectivity index (χ1n) is 6.35. The summed E-state index contributed by atoms with van der Waals surface area (Å²) in [5.74, 6) is -0.539. The lowest BCUT2D eigenvalue weighted by Gasteiger charge is -2.13. The summed E-state index contributed by atoms with van der Waals surface area (Å²) < 4.78 is 0. The third-order valence-corrected chi connectivity index (χ3v) is 3.37. The van der Waals surface area contributed by atoms with Crippen molar-refractivity contribution in [1.29, 1.82) is 0 Å². The summed E-state index contributed by atoms with van der Waals surface area (Å²) in [6.45, 7) is 0. The summed E-state index contributed by atoms with van der Waals surface area (Å²) in [4.78, 5) is 15.9. The van der Waals surface area contributed by atoms with Crippen molar-refractivity contribution in [3.05, 3.63) is 65.3 Å². The zero-order valence-corrected chi connectivity index (χ0v) is 11.8. The minimum atomic E-state index is -0.539. The Hall–Kier alpha value is -2.59. The van der Waals surface area contributed by atoms with E-state index in [-0.39, 0.29) is 0 Å². The summed E-state index contributed by atoms with van der Waals surface area (Å²) >= 11 is 6.05. The quantitative estimate of drug-likeness (QED) is 0.774. The summed E-state index contributed by atoms with van der Waals surface area (Å²) in [6.07, 6.45) is 1.48. The molecule has 0 unspecified atom stereocenters. The Morgan fingerprint density at radius 2 is 1.90 bits per heavy atom. The maximum Gasteiger partial charge on any atom is 0.252 e. The second kappa shape index (κ2) is 5.42. The average molecular weight is 298 g/mol. The molecule has 3 rings (SSSR count). The Morgan fingerprint density at radius 1 is 1.14 bits per heavy atom. The van der Waals surface area contributed by atoms with Gasteiger partial charge in [-0.05, 0) is 30.3 Å². The van der Waals surface area contributed by atoms with Gasteiger partial charge in [-0.2, -0.15) is 0 Å². The number of benzene rings is 2. The molecule has 3 N–H and O–H groups in total. The van der Waals surface area contributed by atoms with E-state index in [0.717, 1.165) is 16.6 Å². The van der Waals surface area contributed by atoms with E-state index in [1.807, 2.05) is 30.3 Å². The molecule has 5 heteroatoms. The van der Waals surface area contributed by atoms with E-state index in [0.29, 0.717) is 16.3 Å². The summed E-state index contributed by atoms with van der Waals surface area (Å²) in [6, 6.07) is 14.9. The topological polar surface area (TPSA) is 68.0 Å². The number of carbonyl (C=O) groups is 1. The van der Waals surface area contributed by atoms with Crippen molar-refractivity contribution in [2.24, 2.45) is 5.73 Å². The highest BCUT2D eigenvalue weighted by Crippen LogP contribution is 2.30. The standard InChI is InChI=1S/C16H12ClN3O/c17-10-6-7-14-12(8-10)15(13(9-19-14)16(18)21)20-11-4-2-1-3-5-11/h1-9H,(H2,18,21)(H,19,20). The smallest absolute Gasteiger partial charge is 0.252 e. The van der Waals surface area contributed by atoms with E-state index in [1.54, 1.807) is 18.2 Å². The Bertz CT molecular complexity index is 818. The van der Waals surface area contributed by atoms with E-state index in [1.165, 1.54) is 6.20 Å². The number of rotatable bonds is 3. The van der Waals surface area contributed by atoms with E-state index in [4.69, 9.17) is 17.3 Å². The summed E-state index contributed by atoms with van der Waals surface area (Å²) in [5, 5.41) is 4.55. The van der Waals surface area contributed by atoms with Gasteiger partial charge in [-0.3, -0.25) is 9.78 Å². The van der Waals surface area contributed by atoms with Crippen LogP contribution in [0.1, 0.15) is 10.4 Å². The molecule has 0 radical (unpaired) electrons. The number of para-hydroxylation sites is 1. The van der Waals surface area contributed by atoms with Crippen LogP contribution < -0.4 is 11.1 Å². The number of hydrogen-bond acceptors (Lipinski definition) is 3. The van der Waals surface area contributed by atoms with Gasteiger partial charge in [0.25, 0.3) is 5.91 Å². The van der Waals surface area contributed by atoms with Gasteiger partial charge in [-0.15, -0.1) is 0 Å². The minimum absolute atomic E-state index is 0.327. The van der Waals surface area contributed by atoms with E-state index >= 15 is 0 Å².